The highest BCUT2D eigenvalue weighted by Crippen LogP contribution is 2.19. The molecule has 8 heteroatoms. The first-order valence-electron chi connectivity index (χ1n) is 9.38. The minimum absolute atomic E-state index is 0.0190. The Labute approximate surface area is 178 Å². The van der Waals surface area contributed by atoms with Gasteiger partial charge in [0.15, 0.2) is 12.4 Å². The van der Waals surface area contributed by atoms with E-state index in [1.807, 2.05) is 19.9 Å². The molecule has 3 rings (SSSR count). The predicted octanol–water partition coefficient (Wildman–Crippen LogP) is 2.88. The van der Waals surface area contributed by atoms with E-state index in [4.69, 9.17) is 16.3 Å². The standard InChI is InChI=1S/C22H21ClN2O5/c1-13-3-4-16(9-14(13)2)19(26)12-30-22(29)17-10-20(27)25(11-17)24-21(28)15-5-7-18(23)8-6-15/h3-9,17H,10-12H2,1-2H3,(H,24,28)/t17-/m0/s1. The van der Waals surface area contributed by atoms with Crippen LogP contribution in [-0.2, 0) is 14.3 Å². The highest BCUT2D eigenvalue weighted by molar-refractivity contribution is 6.30. The molecule has 1 aliphatic rings. The number of benzene rings is 2. The van der Waals surface area contributed by atoms with Crippen LogP contribution in [0, 0.1) is 19.8 Å². The van der Waals surface area contributed by atoms with Gasteiger partial charge in [-0.25, -0.2) is 0 Å². The third-order valence-corrected chi connectivity index (χ3v) is 5.23. The molecule has 0 spiro atoms. The third kappa shape index (κ3) is 5.04. The quantitative estimate of drug-likeness (QED) is 0.564. The van der Waals surface area contributed by atoms with Gasteiger partial charge in [-0.05, 0) is 55.3 Å². The van der Waals surface area contributed by atoms with Crippen LogP contribution in [0.25, 0.3) is 0 Å². The van der Waals surface area contributed by atoms with Gasteiger partial charge in [0.2, 0.25) is 5.91 Å². The lowest BCUT2D eigenvalue weighted by molar-refractivity contribution is -0.147. The summed E-state index contributed by atoms with van der Waals surface area (Å²) in [6.45, 7) is 3.42. The van der Waals surface area contributed by atoms with E-state index >= 15 is 0 Å². The number of ketones is 1. The fourth-order valence-corrected chi connectivity index (χ4v) is 3.14. The van der Waals surface area contributed by atoms with Gasteiger partial charge in [-0.3, -0.25) is 29.6 Å². The van der Waals surface area contributed by atoms with Crippen molar-refractivity contribution in [2.75, 3.05) is 13.2 Å². The molecule has 0 unspecified atom stereocenters. The zero-order chi connectivity index (χ0) is 21.8. The Kier molecular flexibility index (Phi) is 6.52. The summed E-state index contributed by atoms with van der Waals surface area (Å²) in [6.07, 6.45) is -0.0996. The molecule has 7 nitrogen and oxygen atoms in total. The molecule has 1 saturated heterocycles. The van der Waals surface area contributed by atoms with Crippen molar-refractivity contribution in [2.24, 2.45) is 5.92 Å². The Morgan fingerprint density at radius 3 is 2.40 bits per heavy atom. The maximum Gasteiger partial charge on any atom is 0.311 e. The summed E-state index contributed by atoms with van der Waals surface area (Å²) in [5.41, 5.74) is 5.31. The topological polar surface area (TPSA) is 92.8 Å². The molecule has 2 aromatic rings. The Morgan fingerprint density at radius 1 is 1.07 bits per heavy atom. The zero-order valence-electron chi connectivity index (χ0n) is 16.6. The molecule has 0 saturated carbocycles. The molecule has 2 aromatic carbocycles. The second-order valence-corrected chi connectivity index (χ2v) is 7.62. The molecule has 1 atom stereocenters. The molecule has 1 heterocycles. The fraction of sp³-hybridized carbons (Fsp3) is 0.273. The minimum atomic E-state index is -0.754. The van der Waals surface area contributed by atoms with E-state index in [2.05, 4.69) is 5.43 Å². The van der Waals surface area contributed by atoms with Gasteiger partial charge in [-0.2, -0.15) is 0 Å². The van der Waals surface area contributed by atoms with Crippen molar-refractivity contribution in [3.05, 3.63) is 69.7 Å². The second-order valence-electron chi connectivity index (χ2n) is 7.18. The Morgan fingerprint density at radius 2 is 1.73 bits per heavy atom. The van der Waals surface area contributed by atoms with Crippen molar-refractivity contribution in [3.8, 4) is 0 Å². The fourth-order valence-electron chi connectivity index (χ4n) is 3.01. The van der Waals surface area contributed by atoms with Gasteiger partial charge in [0.05, 0.1) is 12.5 Å². The number of amides is 2. The number of hydrogen-bond acceptors (Lipinski definition) is 5. The predicted molar refractivity (Wildman–Crippen MR) is 110 cm³/mol. The normalized spacial score (nSPS) is 15.8. The molecule has 30 heavy (non-hydrogen) atoms. The summed E-state index contributed by atoms with van der Waals surface area (Å²) < 4.78 is 5.12. The summed E-state index contributed by atoms with van der Waals surface area (Å²) in [5.74, 6) is -2.61. The summed E-state index contributed by atoms with van der Waals surface area (Å²) >= 11 is 5.80. The van der Waals surface area contributed by atoms with Gasteiger partial charge >= 0.3 is 5.97 Å². The maximum absolute atomic E-state index is 12.3. The minimum Gasteiger partial charge on any atom is -0.457 e. The summed E-state index contributed by atoms with van der Waals surface area (Å²) in [6, 6.07) is 11.5. The number of halogens is 1. The van der Waals surface area contributed by atoms with E-state index in [0.29, 0.717) is 16.1 Å². The highest BCUT2D eigenvalue weighted by atomic mass is 35.5. The molecule has 2 amide bonds. The lowest BCUT2D eigenvalue weighted by Gasteiger charge is -2.17. The van der Waals surface area contributed by atoms with Crippen molar-refractivity contribution >= 4 is 35.2 Å². The third-order valence-electron chi connectivity index (χ3n) is 4.98. The second kappa shape index (κ2) is 9.09. The molecule has 156 valence electrons. The number of ether oxygens (including phenoxy) is 1. The number of carbonyl (C=O) groups is 4. The molecule has 0 aromatic heterocycles. The SMILES string of the molecule is Cc1ccc(C(=O)COC(=O)[C@H]2CC(=O)N(NC(=O)c3ccc(Cl)cc3)C2)cc1C. The molecule has 1 aliphatic heterocycles. The van der Waals surface area contributed by atoms with E-state index < -0.39 is 30.3 Å². The highest BCUT2D eigenvalue weighted by Gasteiger charge is 2.36. The van der Waals surface area contributed by atoms with Gasteiger partial charge in [0, 0.05) is 22.6 Å². The number of nitrogens with one attached hydrogen (secondary N) is 1. The van der Waals surface area contributed by atoms with Crippen LogP contribution in [0.2, 0.25) is 5.02 Å². The monoisotopic (exact) mass is 428 g/mol. The van der Waals surface area contributed by atoms with Crippen LogP contribution in [0.3, 0.4) is 0 Å². The van der Waals surface area contributed by atoms with E-state index in [9.17, 15) is 19.2 Å². The van der Waals surface area contributed by atoms with Gasteiger partial charge < -0.3 is 4.74 Å². The Bertz CT molecular complexity index is 1000. The summed E-state index contributed by atoms with van der Waals surface area (Å²) in [5, 5.41) is 1.58. The number of esters is 1. The number of carbonyl (C=O) groups excluding carboxylic acids is 4. The lowest BCUT2D eigenvalue weighted by Crippen LogP contribution is -2.43. The molecular formula is C22H21ClN2O5. The van der Waals surface area contributed by atoms with E-state index in [1.165, 1.54) is 12.1 Å². The van der Waals surface area contributed by atoms with Gasteiger partial charge in [0.1, 0.15) is 0 Å². The van der Waals surface area contributed by atoms with Crippen LogP contribution in [0.5, 0.6) is 0 Å². The first-order valence-corrected chi connectivity index (χ1v) is 9.76. The number of Topliss-reactive ketones (excluding diaryl/α,β-unsaturated/α-hetero) is 1. The number of nitrogens with zero attached hydrogens (tertiary/aromatic N) is 1. The largest absolute Gasteiger partial charge is 0.457 e. The van der Waals surface area contributed by atoms with Crippen molar-refractivity contribution < 1.29 is 23.9 Å². The van der Waals surface area contributed by atoms with Crippen molar-refractivity contribution in [1.82, 2.24) is 10.4 Å². The number of hydrogen-bond donors (Lipinski definition) is 1. The van der Waals surface area contributed by atoms with Crippen LogP contribution in [0.4, 0.5) is 0 Å². The van der Waals surface area contributed by atoms with Crippen LogP contribution in [0.15, 0.2) is 42.5 Å². The summed E-state index contributed by atoms with van der Waals surface area (Å²) in [4.78, 5) is 49.0. The average Bonchev–Trinajstić information content (AvgIpc) is 3.08. The number of rotatable bonds is 6. The first-order chi connectivity index (χ1) is 14.2. The van der Waals surface area contributed by atoms with Crippen LogP contribution >= 0.6 is 11.6 Å². The Balaban J connectivity index is 1.53. The molecule has 0 bridgehead atoms. The lowest BCUT2D eigenvalue weighted by atomic mass is 10.0. The van der Waals surface area contributed by atoms with Crippen molar-refractivity contribution in [3.63, 3.8) is 0 Å². The van der Waals surface area contributed by atoms with E-state index in [-0.39, 0.29) is 18.7 Å². The smallest absolute Gasteiger partial charge is 0.311 e. The van der Waals surface area contributed by atoms with Crippen LogP contribution in [-0.4, -0.2) is 41.7 Å². The molecule has 1 N–H and O–H groups in total. The van der Waals surface area contributed by atoms with Gasteiger partial charge in [-0.15, -0.1) is 0 Å². The first kappa shape index (κ1) is 21.5. The maximum atomic E-state index is 12.3. The van der Waals surface area contributed by atoms with Crippen molar-refractivity contribution in [1.29, 1.82) is 0 Å². The molecule has 0 aliphatic carbocycles. The Hall–Kier alpha value is -3.19. The van der Waals surface area contributed by atoms with Crippen LogP contribution < -0.4 is 5.43 Å². The average molecular weight is 429 g/mol. The molecular weight excluding hydrogens is 408 g/mol. The number of hydrazine groups is 1. The molecule has 1 fully saturated rings. The van der Waals surface area contributed by atoms with Gasteiger partial charge in [0.25, 0.3) is 5.91 Å². The van der Waals surface area contributed by atoms with Crippen molar-refractivity contribution in [2.45, 2.75) is 20.3 Å². The molecule has 0 radical (unpaired) electrons. The van der Waals surface area contributed by atoms with E-state index in [1.54, 1.807) is 24.3 Å². The zero-order valence-corrected chi connectivity index (χ0v) is 17.4. The van der Waals surface area contributed by atoms with E-state index in [0.717, 1.165) is 16.1 Å². The van der Waals surface area contributed by atoms with Crippen LogP contribution in [0.1, 0.15) is 38.3 Å². The number of aryl methyl sites for hydroxylation is 2. The van der Waals surface area contributed by atoms with Gasteiger partial charge in [-0.1, -0.05) is 23.7 Å². The summed E-state index contributed by atoms with van der Waals surface area (Å²) in [7, 11) is 0.